The monoisotopic (exact) mass is 407 g/mol. The highest BCUT2D eigenvalue weighted by molar-refractivity contribution is 8.15. The number of nitrogens with one attached hydrogen (secondary N) is 1. The Hall–Kier alpha value is -2.02. The van der Waals surface area contributed by atoms with Crippen LogP contribution in [0.4, 0.5) is 11.4 Å². The average molecular weight is 408 g/mol. The number of carbonyl (C=O) groups excluding carboxylic acids is 2. The van der Waals surface area contributed by atoms with E-state index in [2.05, 4.69) is 10.3 Å². The molecule has 5 nitrogen and oxygen atoms in total. The molecule has 26 heavy (non-hydrogen) atoms. The van der Waals surface area contributed by atoms with Crippen molar-refractivity contribution in [3.63, 3.8) is 0 Å². The van der Waals surface area contributed by atoms with Gasteiger partial charge in [-0.05, 0) is 30.3 Å². The molecule has 2 aromatic rings. The number of para-hydroxylation sites is 1. The first-order valence-electron chi connectivity index (χ1n) is 7.77. The molecular formula is C18H15Cl2N3O2S. The summed E-state index contributed by atoms with van der Waals surface area (Å²) < 4.78 is 0. The van der Waals surface area contributed by atoms with Gasteiger partial charge in [0.2, 0.25) is 11.8 Å². The standard InChI is InChI=1S/C18H15Cl2N3O2S/c1-23-17(25)15(26-18(23)21-12-5-3-2-4-6-12)10-16(24)22-14-9-11(19)7-8-13(14)20/h2-9,15H,10H2,1H3,(H,22,24). The molecule has 8 heteroatoms. The van der Waals surface area contributed by atoms with E-state index in [1.807, 2.05) is 30.3 Å². The van der Waals surface area contributed by atoms with Crippen LogP contribution in [-0.2, 0) is 9.59 Å². The van der Waals surface area contributed by atoms with Gasteiger partial charge >= 0.3 is 0 Å². The van der Waals surface area contributed by atoms with Crippen molar-refractivity contribution in [3.05, 3.63) is 58.6 Å². The number of carbonyl (C=O) groups is 2. The van der Waals surface area contributed by atoms with Crippen molar-refractivity contribution in [3.8, 4) is 0 Å². The average Bonchev–Trinajstić information content (AvgIpc) is 2.87. The molecule has 0 bridgehead atoms. The summed E-state index contributed by atoms with van der Waals surface area (Å²) in [5, 5.41) is 3.59. The largest absolute Gasteiger partial charge is 0.325 e. The Morgan fingerprint density at radius 1 is 1.23 bits per heavy atom. The molecule has 0 radical (unpaired) electrons. The molecule has 1 unspecified atom stereocenters. The van der Waals surface area contributed by atoms with Crippen molar-refractivity contribution >= 4 is 63.3 Å². The first kappa shape index (κ1) is 18.8. The summed E-state index contributed by atoms with van der Waals surface area (Å²) in [5.41, 5.74) is 1.18. The van der Waals surface area contributed by atoms with Crippen LogP contribution >= 0.6 is 35.0 Å². The van der Waals surface area contributed by atoms with Crippen LogP contribution in [-0.4, -0.2) is 34.2 Å². The van der Waals surface area contributed by atoms with Crippen LogP contribution in [0.3, 0.4) is 0 Å². The minimum atomic E-state index is -0.527. The summed E-state index contributed by atoms with van der Waals surface area (Å²) in [6, 6.07) is 14.2. The Morgan fingerprint density at radius 3 is 2.69 bits per heavy atom. The number of thioether (sulfide) groups is 1. The van der Waals surface area contributed by atoms with Crippen LogP contribution in [0.2, 0.25) is 10.0 Å². The van der Waals surface area contributed by atoms with E-state index in [4.69, 9.17) is 23.2 Å². The van der Waals surface area contributed by atoms with Gasteiger partial charge in [-0.3, -0.25) is 14.5 Å². The summed E-state index contributed by atoms with van der Waals surface area (Å²) in [7, 11) is 1.66. The number of nitrogens with zero attached hydrogens (tertiary/aromatic N) is 2. The van der Waals surface area contributed by atoms with Crippen molar-refractivity contribution in [1.82, 2.24) is 4.90 Å². The number of hydrogen-bond acceptors (Lipinski definition) is 4. The lowest BCUT2D eigenvalue weighted by molar-refractivity contribution is -0.127. The molecule has 1 aliphatic rings. The van der Waals surface area contributed by atoms with Crippen molar-refractivity contribution in [1.29, 1.82) is 0 Å². The minimum absolute atomic E-state index is 0.0183. The second-order valence-electron chi connectivity index (χ2n) is 5.61. The Balaban J connectivity index is 1.68. The number of hydrogen-bond donors (Lipinski definition) is 1. The zero-order valence-electron chi connectivity index (χ0n) is 13.8. The van der Waals surface area contributed by atoms with Crippen molar-refractivity contribution in [2.45, 2.75) is 11.7 Å². The Labute approximate surface area is 165 Å². The third-order valence-corrected chi connectivity index (χ3v) is 5.49. The summed E-state index contributed by atoms with van der Waals surface area (Å²) in [5.74, 6) is -0.466. The quantitative estimate of drug-likeness (QED) is 0.806. The van der Waals surface area contributed by atoms with Crippen molar-refractivity contribution < 1.29 is 9.59 Å². The summed E-state index contributed by atoms with van der Waals surface area (Å²) in [4.78, 5) is 30.7. The molecule has 134 valence electrons. The van der Waals surface area contributed by atoms with Crippen molar-refractivity contribution in [2.75, 3.05) is 12.4 Å². The fourth-order valence-electron chi connectivity index (χ4n) is 2.37. The highest BCUT2D eigenvalue weighted by atomic mass is 35.5. The van der Waals surface area contributed by atoms with E-state index in [-0.39, 0.29) is 18.2 Å². The molecule has 2 aromatic carbocycles. The predicted molar refractivity (Wildman–Crippen MR) is 107 cm³/mol. The van der Waals surface area contributed by atoms with Crippen LogP contribution in [0.1, 0.15) is 6.42 Å². The van der Waals surface area contributed by atoms with Crippen LogP contribution < -0.4 is 5.32 Å². The van der Waals surface area contributed by atoms with Gasteiger partial charge in [-0.1, -0.05) is 53.2 Å². The number of amidine groups is 1. The summed E-state index contributed by atoms with van der Waals surface area (Å²) in [6.07, 6.45) is 0.0183. The van der Waals surface area contributed by atoms with E-state index in [1.54, 1.807) is 25.2 Å². The van der Waals surface area contributed by atoms with Crippen LogP contribution in [0.5, 0.6) is 0 Å². The number of benzene rings is 2. The minimum Gasteiger partial charge on any atom is -0.325 e. The van der Waals surface area contributed by atoms with Gasteiger partial charge < -0.3 is 5.32 Å². The van der Waals surface area contributed by atoms with Gasteiger partial charge in [0.05, 0.1) is 16.4 Å². The highest BCUT2D eigenvalue weighted by Crippen LogP contribution is 2.31. The van der Waals surface area contributed by atoms with E-state index in [0.29, 0.717) is 20.9 Å². The molecule has 1 saturated heterocycles. The van der Waals surface area contributed by atoms with E-state index >= 15 is 0 Å². The fraction of sp³-hybridized carbons (Fsp3) is 0.167. The normalized spacial score (nSPS) is 18.4. The zero-order valence-corrected chi connectivity index (χ0v) is 16.1. The lowest BCUT2D eigenvalue weighted by Gasteiger charge is -2.10. The Kier molecular flexibility index (Phi) is 5.86. The second-order valence-corrected chi connectivity index (χ2v) is 7.62. The molecule has 0 saturated carbocycles. The highest BCUT2D eigenvalue weighted by Gasteiger charge is 2.37. The van der Waals surface area contributed by atoms with Crippen molar-refractivity contribution in [2.24, 2.45) is 4.99 Å². The molecule has 3 rings (SSSR count). The number of amides is 2. The molecule has 1 heterocycles. The lowest BCUT2D eigenvalue weighted by Crippen LogP contribution is -2.30. The Morgan fingerprint density at radius 2 is 1.96 bits per heavy atom. The third kappa shape index (κ3) is 4.38. The predicted octanol–water partition coefficient (Wildman–Crippen LogP) is 4.58. The van der Waals surface area contributed by atoms with Gasteiger partial charge in [-0.15, -0.1) is 0 Å². The van der Waals surface area contributed by atoms with Gasteiger partial charge in [0.25, 0.3) is 0 Å². The lowest BCUT2D eigenvalue weighted by atomic mass is 10.2. The molecule has 1 fully saturated rings. The van der Waals surface area contributed by atoms with E-state index in [0.717, 1.165) is 5.69 Å². The van der Waals surface area contributed by atoms with Crippen LogP contribution in [0, 0.1) is 0 Å². The summed E-state index contributed by atoms with van der Waals surface area (Å²) in [6.45, 7) is 0. The molecule has 1 atom stereocenters. The number of aliphatic imine (C=N–C) groups is 1. The van der Waals surface area contributed by atoms with Gasteiger partial charge in [0, 0.05) is 18.5 Å². The Bertz CT molecular complexity index is 874. The van der Waals surface area contributed by atoms with Crippen LogP contribution in [0.25, 0.3) is 0 Å². The molecule has 1 aliphatic heterocycles. The molecule has 0 aliphatic carbocycles. The second kappa shape index (κ2) is 8.12. The van der Waals surface area contributed by atoms with Gasteiger partial charge in [0.1, 0.15) is 5.25 Å². The zero-order chi connectivity index (χ0) is 18.7. The molecular weight excluding hydrogens is 393 g/mol. The first-order chi connectivity index (χ1) is 12.4. The van der Waals surface area contributed by atoms with Crippen LogP contribution in [0.15, 0.2) is 53.5 Å². The fourth-order valence-corrected chi connectivity index (χ4v) is 3.86. The van der Waals surface area contributed by atoms with E-state index in [1.165, 1.54) is 16.7 Å². The van der Waals surface area contributed by atoms with E-state index < -0.39 is 5.25 Å². The maximum atomic E-state index is 12.4. The number of rotatable bonds is 4. The SMILES string of the molecule is CN1C(=O)C(CC(=O)Nc2cc(Cl)ccc2Cl)SC1=Nc1ccccc1. The maximum absolute atomic E-state index is 12.4. The maximum Gasteiger partial charge on any atom is 0.242 e. The summed E-state index contributed by atoms with van der Waals surface area (Å²) >= 11 is 13.2. The topological polar surface area (TPSA) is 61.8 Å². The number of halogens is 2. The first-order valence-corrected chi connectivity index (χ1v) is 9.40. The smallest absolute Gasteiger partial charge is 0.242 e. The molecule has 1 N–H and O–H groups in total. The molecule has 0 aromatic heterocycles. The molecule has 0 spiro atoms. The number of anilines is 1. The van der Waals surface area contributed by atoms with Gasteiger partial charge in [-0.25, -0.2) is 4.99 Å². The van der Waals surface area contributed by atoms with E-state index in [9.17, 15) is 9.59 Å². The molecule has 2 amide bonds. The van der Waals surface area contributed by atoms with Gasteiger partial charge in [0.15, 0.2) is 5.17 Å². The third-order valence-electron chi connectivity index (χ3n) is 3.69. The van der Waals surface area contributed by atoms with Gasteiger partial charge in [-0.2, -0.15) is 0 Å².